The number of carbonyl (C=O) groups excluding carboxylic acids is 1. The molecule has 3 rings (SSSR count). The summed E-state index contributed by atoms with van der Waals surface area (Å²) in [6.45, 7) is 1.51. The van der Waals surface area contributed by atoms with Crippen LogP contribution in [0.1, 0.15) is 12.8 Å². The van der Waals surface area contributed by atoms with E-state index in [1.54, 1.807) is 12.4 Å². The number of nitrogens with zero attached hydrogens (tertiary/aromatic N) is 3. The van der Waals surface area contributed by atoms with Crippen molar-refractivity contribution in [2.45, 2.75) is 17.2 Å². The Hall–Kier alpha value is -1.43. The van der Waals surface area contributed by atoms with Crippen LogP contribution in [0.25, 0.3) is 0 Å². The standard InChI is InChI=1S/C17H18BrN3O2Se/c1-23-15(22)17(24-14-5-3-2-4-6-14)7-9-21(10-8-17)16-19-11-13(18)12-20-16/h2-6,11-12H,7-10H2,1H3. The molecular formula is C17H18BrN3O2Se. The molecule has 0 bridgehead atoms. The Bertz CT molecular complexity index is 689. The van der Waals surface area contributed by atoms with E-state index in [9.17, 15) is 4.79 Å². The monoisotopic (exact) mass is 455 g/mol. The van der Waals surface area contributed by atoms with Crippen molar-refractivity contribution in [3.63, 3.8) is 0 Å². The molecule has 0 unspecified atom stereocenters. The third-order valence-electron chi connectivity index (χ3n) is 4.07. The average molecular weight is 455 g/mol. The van der Waals surface area contributed by atoms with Gasteiger partial charge in [0.15, 0.2) is 0 Å². The van der Waals surface area contributed by atoms with Crippen molar-refractivity contribution in [2.75, 3.05) is 25.1 Å². The fourth-order valence-electron chi connectivity index (χ4n) is 2.78. The van der Waals surface area contributed by atoms with Gasteiger partial charge in [0.05, 0.1) is 0 Å². The van der Waals surface area contributed by atoms with Gasteiger partial charge in [-0.15, -0.1) is 0 Å². The Labute approximate surface area is 156 Å². The van der Waals surface area contributed by atoms with E-state index in [4.69, 9.17) is 4.74 Å². The summed E-state index contributed by atoms with van der Waals surface area (Å²) >= 11 is 3.39. The first kappa shape index (κ1) is 17.4. The van der Waals surface area contributed by atoms with Crippen molar-refractivity contribution < 1.29 is 9.53 Å². The number of piperidine rings is 1. The fourth-order valence-corrected chi connectivity index (χ4v) is 5.71. The van der Waals surface area contributed by atoms with E-state index in [2.05, 4.69) is 42.9 Å². The van der Waals surface area contributed by atoms with E-state index in [0.29, 0.717) is 5.95 Å². The van der Waals surface area contributed by atoms with E-state index < -0.39 is 4.31 Å². The van der Waals surface area contributed by atoms with Crippen molar-refractivity contribution in [1.82, 2.24) is 9.97 Å². The normalized spacial score (nSPS) is 16.7. The molecule has 0 saturated carbocycles. The van der Waals surface area contributed by atoms with Gasteiger partial charge in [0, 0.05) is 0 Å². The van der Waals surface area contributed by atoms with Gasteiger partial charge in [-0.25, -0.2) is 0 Å². The van der Waals surface area contributed by atoms with E-state index in [1.165, 1.54) is 11.6 Å². The summed E-state index contributed by atoms with van der Waals surface area (Å²) in [5.41, 5.74) is 0. The Morgan fingerprint density at radius 3 is 2.42 bits per heavy atom. The van der Waals surface area contributed by atoms with E-state index in [1.807, 2.05) is 18.2 Å². The van der Waals surface area contributed by atoms with Gasteiger partial charge < -0.3 is 0 Å². The van der Waals surface area contributed by atoms with Crippen molar-refractivity contribution in [3.05, 3.63) is 47.2 Å². The Morgan fingerprint density at radius 2 is 1.83 bits per heavy atom. The average Bonchev–Trinajstić information content (AvgIpc) is 2.63. The molecule has 2 aromatic rings. The molecule has 1 saturated heterocycles. The van der Waals surface area contributed by atoms with Gasteiger partial charge in [0.2, 0.25) is 0 Å². The number of hydrogen-bond donors (Lipinski definition) is 0. The van der Waals surface area contributed by atoms with Gasteiger partial charge in [-0.3, -0.25) is 0 Å². The number of esters is 1. The molecule has 0 atom stereocenters. The third kappa shape index (κ3) is 3.79. The summed E-state index contributed by atoms with van der Waals surface area (Å²) in [6, 6.07) is 10.2. The van der Waals surface area contributed by atoms with Crippen LogP contribution in [0.4, 0.5) is 5.95 Å². The predicted octanol–water partition coefficient (Wildman–Crippen LogP) is 2.20. The first-order chi connectivity index (χ1) is 11.6. The van der Waals surface area contributed by atoms with Crippen LogP contribution in [0.2, 0.25) is 4.31 Å². The summed E-state index contributed by atoms with van der Waals surface area (Å²) in [4.78, 5) is 23.4. The van der Waals surface area contributed by atoms with Crippen molar-refractivity contribution in [2.24, 2.45) is 0 Å². The molecule has 0 amide bonds. The quantitative estimate of drug-likeness (QED) is 0.523. The number of carbonyl (C=O) groups is 1. The van der Waals surface area contributed by atoms with Crippen molar-refractivity contribution in [1.29, 1.82) is 0 Å². The van der Waals surface area contributed by atoms with Gasteiger partial charge >= 0.3 is 156 Å². The fraction of sp³-hybridized carbons (Fsp3) is 0.353. The number of halogens is 1. The first-order valence-electron chi connectivity index (χ1n) is 7.68. The molecule has 7 heteroatoms. The molecule has 0 N–H and O–H groups in total. The number of aromatic nitrogens is 2. The minimum atomic E-state index is -0.408. The van der Waals surface area contributed by atoms with Gasteiger partial charge in [0.25, 0.3) is 0 Å². The van der Waals surface area contributed by atoms with E-state index in [-0.39, 0.29) is 20.9 Å². The van der Waals surface area contributed by atoms with Gasteiger partial charge in [0.1, 0.15) is 0 Å². The van der Waals surface area contributed by atoms with Crippen LogP contribution in [0.15, 0.2) is 47.2 Å². The second-order valence-electron chi connectivity index (χ2n) is 5.59. The SMILES string of the molecule is COC(=O)C1([Se]c2ccccc2)CCN(c2ncc(Br)cn2)CC1. The summed E-state index contributed by atoms with van der Waals surface area (Å²) in [5, 5.41) is 0. The molecule has 0 spiro atoms. The molecule has 1 aliphatic rings. The molecule has 1 aliphatic heterocycles. The van der Waals surface area contributed by atoms with Crippen LogP contribution in [0.3, 0.4) is 0 Å². The number of benzene rings is 1. The van der Waals surface area contributed by atoms with Crippen LogP contribution in [-0.2, 0) is 9.53 Å². The molecule has 1 fully saturated rings. The van der Waals surface area contributed by atoms with Gasteiger partial charge in [-0.2, -0.15) is 0 Å². The molecule has 0 aliphatic carbocycles. The molecule has 2 heterocycles. The summed E-state index contributed by atoms with van der Waals surface area (Å²) in [7, 11) is 1.48. The second-order valence-corrected chi connectivity index (χ2v) is 9.56. The summed E-state index contributed by atoms with van der Waals surface area (Å²) in [6.07, 6.45) is 5.01. The van der Waals surface area contributed by atoms with Crippen LogP contribution >= 0.6 is 15.9 Å². The minimum absolute atomic E-state index is 0.0357. The molecule has 0 radical (unpaired) electrons. The topological polar surface area (TPSA) is 55.3 Å². The van der Waals surface area contributed by atoms with Crippen molar-refractivity contribution in [3.8, 4) is 0 Å². The summed E-state index contributed by atoms with van der Waals surface area (Å²) < 4.78 is 6.82. The summed E-state index contributed by atoms with van der Waals surface area (Å²) in [5.74, 6) is 0.617. The number of hydrogen-bond acceptors (Lipinski definition) is 5. The van der Waals surface area contributed by atoms with Crippen LogP contribution in [-0.4, -0.2) is 51.1 Å². The Balaban J connectivity index is 1.75. The number of rotatable bonds is 4. The number of methoxy groups -OCH3 is 1. The molecule has 24 heavy (non-hydrogen) atoms. The number of ether oxygens (including phenoxy) is 1. The maximum absolute atomic E-state index is 12.5. The first-order valence-corrected chi connectivity index (χ1v) is 10.2. The molecule has 5 nitrogen and oxygen atoms in total. The Morgan fingerprint density at radius 1 is 1.21 bits per heavy atom. The van der Waals surface area contributed by atoms with Gasteiger partial charge in [-0.05, 0) is 0 Å². The van der Waals surface area contributed by atoms with Crippen molar-refractivity contribution >= 4 is 47.3 Å². The second kappa shape index (κ2) is 7.64. The predicted molar refractivity (Wildman–Crippen MR) is 97.7 cm³/mol. The zero-order valence-corrected chi connectivity index (χ0v) is 16.6. The van der Waals surface area contributed by atoms with E-state index >= 15 is 0 Å². The van der Waals surface area contributed by atoms with Crippen LogP contribution < -0.4 is 9.36 Å². The Kier molecular flexibility index (Phi) is 5.53. The molecule has 1 aromatic carbocycles. The van der Waals surface area contributed by atoms with E-state index in [0.717, 1.165) is 30.4 Å². The van der Waals surface area contributed by atoms with Crippen LogP contribution in [0.5, 0.6) is 0 Å². The third-order valence-corrected chi connectivity index (χ3v) is 7.58. The maximum atomic E-state index is 12.5. The van der Waals surface area contributed by atoms with Crippen LogP contribution in [0, 0.1) is 0 Å². The van der Waals surface area contributed by atoms with Gasteiger partial charge in [-0.1, -0.05) is 0 Å². The zero-order chi connectivity index (χ0) is 17.0. The molecule has 1 aromatic heterocycles. The molecular weight excluding hydrogens is 437 g/mol. The zero-order valence-electron chi connectivity index (χ0n) is 13.3. The number of anilines is 1. The molecule has 126 valence electrons.